The Morgan fingerprint density at radius 2 is 1.91 bits per heavy atom. The van der Waals surface area contributed by atoms with E-state index in [0.717, 1.165) is 25.3 Å². The van der Waals surface area contributed by atoms with E-state index in [-0.39, 0.29) is 0 Å². The van der Waals surface area contributed by atoms with E-state index in [1.54, 1.807) is 7.11 Å². The molecule has 1 aromatic heterocycles. The van der Waals surface area contributed by atoms with Gasteiger partial charge in [0.15, 0.2) is 0 Å². The predicted octanol–water partition coefficient (Wildman–Crippen LogP) is 3.70. The number of nitrogens with one attached hydrogen (secondary N) is 2. The number of piperidine rings is 3. The maximum absolute atomic E-state index is 6.35. The number of hydrogen-bond donors (Lipinski definition) is 2. The first kappa shape index (κ1) is 24.3. The van der Waals surface area contributed by atoms with Crippen molar-refractivity contribution in [3.05, 3.63) is 23.2 Å². The molecule has 4 aliphatic heterocycles. The van der Waals surface area contributed by atoms with Gasteiger partial charge in [0, 0.05) is 37.9 Å². The summed E-state index contributed by atoms with van der Waals surface area (Å²) in [5, 5.41) is 7.51. The number of halogens is 1. The van der Waals surface area contributed by atoms with E-state index in [0.29, 0.717) is 46.6 Å². The van der Waals surface area contributed by atoms with E-state index in [4.69, 9.17) is 31.3 Å². The SMILES string of the molecule is CCN1CCCC1CN(C)c1nc(Nc2ccc(OC)c(Cl)c2)nc(NC2CN3CCC2CC3)n1. The van der Waals surface area contributed by atoms with Gasteiger partial charge in [0.1, 0.15) is 5.75 Å². The lowest BCUT2D eigenvalue weighted by Crippen LogP contribution is -2.53. The van der Waals surface area contributed by atoms with Crippen LogP contribution in [0.15, 0.2) is 18.2 Å². The first-order valence-electron chi connectivity index (χ1n) is 12.8. The Kier molecular flexibility index (Phi) is 7.45. The molecule has 6 rings (SSSR count). The molecule has 2 N–H and O–H groups in total. The molecule has 4 fully saturated rings. The van der Waals surface area contributed by atoms with Crippen LogP contribution >= 0.6 is 11.6 Å². The van der Waals surface area contributed by atoms with Crippen LogP contribution in [-0.2, 0) is 0 Å². The van der Waals surface area contributed by atoms with E-state index in [1.807, 2.05) is 18.2 Å². The van der Waals surface area contributed by atoms with Gasteiger partial charge in [-0.15, -0.1) is 0 Å². The third-order valence-corrected chi connectivity index (χ3v) is 8.03. The smallest absolute Gasteiger partial charge is 0.233 e. The number of hydrogen-bond acceptors (Lipinski definition) is 9. The lowest BCUT2D eigenvalue weighted by Gasteiger charge is -2.44. The quantitative estimate of drug-likeness (QED) is 0.535. The van der Waals surface area contributed by atoms with Gasteiger partial charge < -0.3 is 25.2 Å². The number of nitrogens with zero attached hydrogens (tertiary/aromatic N) is 6. The minimum absolute atomic E-state index is 0.367. The first-order chi connectivity index (χ1) is 17.0. The molecule has 9 nitrogen and oxygen atoms in total. The van der Waals surface area contributed by atoms with Crippen LogP contribution in [0.3, 0.4) is 0 Å². The molecule has 0 amide bonds. The molecule has 4 aliphatic rings. The van der Waals surface area contributed by atoms with Crippen molar-refractivity contribution in [2.75, 3.05) is 69.0 Å². The topological polar surface area (TPSA) is 81.7 Å². The van der Waals surface area contributed by atoms with Gasteiger partial charge in [-0.1, -0.05) is 18.5 Å². The van der Waals surface area contributed by atoms with Crippen molar-refractivity contribution in [3.8, 4) is 5.75 Å². The summed E-state index contributed by atoms with van der Waals surface area (Å²) >= 11 is 6.35. The van der Waals surface area contributed by atoms with Crippen LogP contribution in [0, 0.1) is 5.92 Å². The van der Waals surface area contributed by atoms with Crippen LogP contribution in [0.5, 0.6) is 5.75 Å². The largest absolute Gasteiger partial charge is 0.495 e. The summed E-state index contributed by atoms with van der Waals surface area (Å²) in [5.41, 5.74) is 0.803. The highest BCUT2D eigenvalue weighted by atomic mass is 35.5. The standard InChI is InChI=1S/C25H37ClN8O/c1-4-34-11-5-6-19(34)15-32(2)25-30-23(27-18-7-8-22(35-3)20(26)14-18)29-24(31-25)28-21-16-33-12-9-17(21)10-13-33/h7-8,14,17,19,21H,4-6,9-13,15-16H2,1-3H3,(H2,27,28,29,30,31). The Morgan fingerprint density at radius 1 is 1.11 bits per heavy atom. The van der Waals surface area contributed by atoms with E-state index in [1.165, 1.54) is 45.3 Å². The molecule has 10 heteroatoms. The van der Waals surface area contributed by atoms with Crippen LogP contribution in [0.2, 0.25) is 5.02 Å². The summed E-state index contributed by atoms with van der Waals surface area (Å²) in [6.45, 7) is 8.83. The molecule has 1 aromatic carbocycles. The third kappa shape index (κ3) is 5.57. The van der Waals surface area contributed by atoms with Crippen molar-refractivity contribution < 1.29 is 4.74 Å². The van der Waals surface area contributed by atoms with E-state index in [2.05, 4.69) is 39.3 Å². The zero-order chi connectivity index (χ0) is 24.4. The number of likely N-dealkylation sites (tertiary alicyclic amines) is 1. The number of fused-ring (bicyclic) bond motifs is 3. The Morgan fingerprint density at radius 3 is 2.60 bits per heavy atom. The number of rotatable bonds is 9. The van der Waals surface area contributed by atoms with Crippen LogP contribution in [0.1, 0.15) is 32.6 Å². The second kappa shape index (κ2) is 10.7. The van der Waals surface area contributed by atoms with Gasteiger partial charge in [-0.3, -0.25) is 4.90 Å². The Balaban J connectivity index is 1.39. The van der Waals surface area contributed by atoms with Gasteiger partial charge in [-0.2, -0.15) is 15.0 Å². The minimum atomic E-state index is 0.367. The number of likely N-dealkylation sites (N-methyl/N-ethyl adjacent to an activating group) is 2. The van der Waals surface area contributed by atoms with Gasteiger partial charge in [0.25, 0.3) is 0 Å². The number of benzene rings is 1. The Labute approximate surface area is 213 Å². The first-order valence-corrected chi connectivity index (χ1v) is 13.2. The summed E-state index contributed by atoms with van der Waals surface area (Å²) in [7, 11) is 3.69. The second-order valence-electron chi connectivity index (χ2n) is 9.95. The van der Waals surface area contributed by atoms with Gasteiger partial charge >= 0.3 is 0 Å². The molecule has 35 heavy (non-hydrogen) atoms. The minimum Gasteiger partial charge on any atom is -0.495 e. The number of ether oxygens (including phenoxy) is 1. The number of aromatic nitrogens is 3. The Bertz CT molecular complexity index is 1010. The summed E-state index contributed by atoms with van der Waals surface area (Å²) in [4.78, 5) is 21.6. The Hall–Kier alpha value is -2.36. The second-order valence-corrected chi connectivity index (χ2v) is 10.4. The predicted molar refractivity (Wildman–Crippen MR) is 141 cm³/mol. The maximum Gasteiger partial charge on any atom is 0.233 e. The van der Waals surface area contributed by atoms with Crippen LogP contribution in [-0.4, -0.2) is 90.3 Å². The maximum atomic E-state index is 6.35. The highest BCUT2D eigenvalue weighted by Gasteiger charge is 2.34. The number of methoxy groups -OCH3 is 1. The van der Waals surface area contributed by atoms with Crippen molar-refractivity contribution in [1.82, 2.24) is 24.8 Å². The molecular formula is C25H37ClN8O. The van der Waals surface area contributed by atoms with Gasteiger partial charge in [0.05, 0.1) is 12.1 Å². The molecular weight excluding hydrogens is 464 g/mol. The van der Waals surface area contributed by atoms with Gasteiger partial charge in [-0.25, -0.2) is 0 Å². The fourth-order valence-electron chi connectivity index (χ4n) is 5.74. The summed E-state index contributed by atoms with van der Waals surface area (Å²) in [6, 6.07) is 6.47. The number of anilines is 4. The summed E-state index contributed by atoms with van der Waals surface area (Å²) < 4.78 is 5.28. The monoisotopic (exact) mass is 500 g/mol. The molecule has 0 aliphatic carbocycles. The van der Waals surface area contributed by atoms with Crippen LogP contribution in [0.25, 0.3) is 0 Å². The van der Waals surface area contributed by atoms with Gasteiger partial charge in [-0.05, 0) is 76.0 Å². The average molecular weight is 501 g/mol. The normalized spacial score (nSPS) is 26.1. The van der Waals surface area contributed by atoms with Crippen LogP contribution < -0.4 is 20.3 Å². The zero-order valence-corrected chi connectivity index (χ0v) is 21.8. The van der Waals surface area contributed by atoms with Crippen molar-refractivity contribution in [2.45, 2.75) is 44.7 Å². The summed E-state index contributed by atoms with van der Waals surface area (Å²) in [5.74, 6) is 3.11. The third-order valence-electron chi connectivity index (χ3n) is 7.73. The van der Waals surface area contributed by atoms with Crippen LogP contribution in [0.4, 0.5) is 23.5 Å². The van der Waals surface area contributed by atoms with Crippen molar-refractivity contribution in [1.29, 1.82) is 0 Å². The van der Waals surface area contributed by atoms with Crippen molar-refractivity contribution >= 4 is 35.1 Å². The molecule has 0 saturated carbocycles. The molecule has 0 radical (unpaired) electrons. The van der Waals surface area contributed by atoms with E-state index < -0.39 is 0 Å². The highest BCUT2D eigenvalue weighted by Crippen LogP contribution is 2.31. The van der Waals surface area contributed by atoms with E-state index >= 15 is 0 Å². The molecule has 4 saturated heterocycles. The molecule has 2 unspecified atom stereocenters. The molecule has 2 aromatic rings. The average Bonchev–Trinajstić information content (AvgIpc) is 3.32. The van der Waals surface area contributed by atoms with Crippen molar-refractivity contribution in [3.63, 3.8) is 0 Å². The van der Waals surface area contributed by atoms with E-state index in [9.17, 15) is 0 Å². The molecule has 0 spiro atoms. The van der Waals surface area contributed by atoms with Crippen molar-refractivity contribution in [2.24, 2.45) is 5.92 Å². The fourth-order valence-corrected chi connectivity index (χ4v) is 6.00. The molecule has 2 atom stereocenters. The molecule has 2 bridgehead atoms. The summed E-state index contributed by atoms with van der Waals surface area (Å²) in [6.07, 6.45) is 4.93. The molecule has 5 heterocycles. The lowest BCUT2D eigenvalue weighted by atomic mass is 9.84. The molecule has 190 valence electrons. The fraction of sp³-hybridized carbons (Fsp3) is 0.640. The zero-order valence-electron chi connectivity index (χ0n) is 21.0. The lowest BCUT2D eigenvalue weighted by molar-refractivity contribution is 0.0972. The highest BCUT2D eigenvalue weighted by molar-refractivity contribution is 6.32. The van der Waals surface area contributed by atoms with Gasteiger partial charge in [0.2, 0.25) is 17.8 Å².